The molecule has 6 nitrogen and oxygen atoms in total. The van der Waals surface area contributed by atoms with Crippen molar-refractivity contribution in [2.45, 2.75) is 25.0 Å². The van der Waals surface area contributed by atoms with E-state index >= 15 is 0 Å². The summed E-state index contributed by atoms with van der Waals surface area (Å²) >= 11 is 0. The van der Waals surface area contributed by atoms with Crippen LogP contribution in [0.2, 0.25) is 0 Å². The molecule has 6 heteroatoms. The summed E-state index contributed by atoms with van der Waals surface area (Å²) in [6.45, 7) is 1.59. The SMILES string of the molecule is COC(=O)C1(O)C[C@H](c2ccccc2)c2c(cc(C)oc2=O)O1. The summed E-state index contributed by atoms with van der Waals surface area (Å²) < 4.78 is 15.2. The van der Waals surface area contributed by atoms with Crippen LogP contribution in [0.15, 0.2) is 45.6 Å². The van der Waals surface area contributed by atoms with E-state index in [2.05, 4.69) is 4.74 Å². The lowest BCUT2D eigenvalue weighted by Crippen LogP contribution is -2.50. The number of hydrogen-bond acceptors (Lipinski definition) is 6. The van der Waals surface area contributed by atoms with E-state index in [1.807, 2.05) is 30.3 Å². The maximum Gasteiger partial charge on any atom is 0.379 e. The summed E-state index contributed by atoms with van der Waals surface area (Å²) in [5.74, 6) is -3.14. The van der Waals surface area contributed by atoms with E-state index in [1.165, 1.54) is 13.2 Å². The first-order valence-electron chi connectivity index (χ1n) is 7.14. The van der Waals surface area contributed by atoms with Crippen molar-refractivity contribution in [2.24, 2.45) is 0 Å². The molecule has 1 N–H and O–H groups in total. The number of esters is 1. The van der Waals surface area contributed by atoms with Crippen LogP contribution in [-0.4, -0.2) is 24.0 Å². The number of carbonyl (C=O) groups excluding carboxylic acids is 1. The Balaban J connectivity index is 2.20. The molecule has 0 fully saturated rings. The second kappa shape index (κ2) is 5.55. The second-order valence-corrected chi connectivity index (χ2v) is 5.47. The van der Waals surface area contributed by atoms with Gasteiger partial charge in [-0.05, 0) is 12.5 Å². The molecule has 2 atom stereocenters. The fraction of sp³-hybridized carbons (Fsp3) is 0.294. The highest BCUT2D eigenvalue weighted by Crippen LogP contribution is 2.42. The molecular formula is C17H16O6. The van der Waals surface area contributed by atoms with Crippen LogP contribution in [0.4, 0.5) is 0 Å². The van der Waals surface area contributed by atoms with E-state index < -0.39 is 23.3 Å². The Kier molecular flexibility index (Phi) is 3.69. The van der Waals surface area contributed by atoms with Crippen molar-refractivity contribution in [3.05, 3.63) is 63.7 Å². The molecule has 2 heterocycles. The van der Waals surface area contributed by atoms with Crippen molar-refractivity contribution in [3.8, 4) is 5.75 Å². The van der Waals surface area contributed by atoms with Gasteiger partial charge in [-0.1, -0.05) is 30.3 Å². The summed E-state index contributed by atoms with van der Waals surface area (Å²) in [4.78, 5) is 24.2. The van der Waals surface area contributed by atoms with E-state index in [0.29, 0.717) is 5.76 Å². The molecule has 0 saturated heterocycles. The molecule has 120 valence electrons. The minimum absolute atomic E-state index is 0.131. The van der Waals surface area contributed by atoms with E-state index in [-0.39, 0.29) is 17.7 Å². The third kappa shape index (κ3) is 2.61. The zero-order valence-electron chi connectivity index (χ0n) is 12.7. The summed E-state index contributed by atoms with van der Waals surface area (Å²) in [6, 6.07) is 10.6. The summed E-state index contributed by atoms with van der Waals surface area (Å²) in [6.07, 6.45) is -0.134. The molecule has 1 aromatic heterocycles. The molecule has 0 bridgehead atoms. The number of benzene rings is 1. The molecule has 0 spiro atoms. The lowest BCUT2D eigenvalue weighted by Gasteiger charge is -2.35. The van der Waals surface area contributed by atoms with Crippen LogP contribution in [0.5, 0.6) is 5.75 Å². The van der Waals surface area contributed by atoms with Gasteiger partial charge in [0.2, 0.25) is 0 Å². The fourth-order valence-electron chi connectivity index (χ4n) is 2.85. The highest BCUT2D eigenvalue weighted by Gasteiger charge is 2.48. The number of methoxy groups -OCH3 is 1. The van der Waals surface area contributed by atoms with Gasteiger partial charge in [0.1, 0.15) is 11.5 Å². The second-order valence-electron chi connectivity index (χ2n) is 5.47. The molecular weight excluding hydrogens is 300 g/mol. The van der Waals surface area contributed by atoms with Crippen molar-refractivity contribution in [3.63, 3.8) is 0 Å². The average molecular weight is 316 g/mol. The van der Waals surface area contributed by atoms with Gasteiger partial charge in [-0.25, -0.2) is 9.59 Å². The first kappa shape index (κ1) is 15.3. The molecule has 1 aromatic carbocycles. The molecule has 0 aliphatic carbocycles. The van der Waals surface area contributed by atoms with Gasteiger partial charge in [0, 0.05) is 18.4 Å². The van der Waals surface area contributed by atoms with Crippen LogP contribution in [0.1, 0.15) is 29.2 Å². The van der Waals surface area contributed by atoms with Gasteiger partial charge in [-0.15, -0.1) is 0 Å². The van der Waals surface area contributed by atoms with Crippen LogP contribution < -0.4 is 10.4 Å². The van der Waals surface area contributed by atoms with Crippen molar-refractivity contribution in [1.82, 2.24) is 0 Å². The van der Waals surface area contributed by atoms with Crippen LogP contribution in [0.25, 0.3) is 0 Å². The lowest BCUT2D eigenvalue weighted by molar-refractivity contribution is -0.203. The van der Waals surface area contributed by atoms with Crippen molar-refractivity contribution in [2.75, 3.05) is 7.11 Å². The lowest BCUT2D eigenvalue weighted by atomic mass is 9.83. The van der Waals surface area contributed by atoms with E-state index in [0.717, 1.165) is 5.56 Å². The number of carbonyl (C=O) groups is 1. The highest BCUT2D eigenvalue weighted by molar-refractivity contribution is 5.78. The molecule has 1 aliphatic heterocycles. The normalized spacial score (nSPS) is 22.8. The maximum atomic E-state index is 12.3. The number of fused-ring (bicyclic) bond motifs is 1. The molecule has 0 saturated carbocycles. The third-order valence-corrected chi connectivity index (χ3v) is 3.89. The summed E-state index contributed by atoms with van der Waals surface area (Å²) in [7, 11) is 1.17. The van der Waals surface area contributed by atoms with Gasteiger partial charge >= 0.3 is 17.4 Å². The molecule has 23 heavy (non-hydrogen) atoms. The van der Waals surface area contributed by atoms with Crippen LogP contribution in [0.3, 0.4) is 0 Å². The van der Waals surface area contributed by atoms with Gasteiger partial charge in [-0.3, -0.25) is 0 Å². The minimum Gasteiger partial charge on any atom is -0.464 e. The molecule has 0 radical (unpaired) electrons. The zero-order chi connectivity index (χ0) is 16.6. The van der Waals surface area contributed by atoms with E-state index in [9.17, 15) is 14.7 Å². The van der Waals surface area contributed by atoms with Crippen molar-refractivity contribution < 1.29 is 23.8 Å². The number of hydrogen-bond donors (Lipinski definition) is 1. The Hall–Kier alpha value is -2.60. The Labute approximate surface area is 132 Å². The van der Waals surface area contributed by atoms with Crippen LogP contribution in [-0.2, 0) is 9.53 Å². The molecule has 3 rings (SSSR count). The summed E-state index contributed by atoms with van der Waals surface area (Å²) in [5, 5.41) is 10.6. The first-order valence-corrected chi connectivity index (χ1v) is 7.14. The van der Waals surface area contributed by atoms with E-state index in [1.54, 1.807) is 6.92 Å². The predicted octanol–water partition coefficient (Wildman–Crippen LogP) is 1.72. The van der Waals surface area contributed by atoms with E-state index in [4.69, 9.17) is 9.15 Å². The average Bonchev–Trinajstić information content (AvgIpc) is 2.53. The van der Waals surface area contributed by atoms with Crippen molar-refractivity contribution in [1.29, 1.82) is 0 Å². The van der Waals surface area contributed by atoms with Gasteiger partial charge in [0.15, 0.2) is 0 Å². The Morgan fingerprint density at radius 1 is 1.35 bits per heavy atom. The van der Waals surface area contributed by atoms with Crippen LogP contribution >= 0.6 is 0 Å². The standard InChI is InChI=1S/C17H16O6/c1-10-8-13-14(15(18)22-10)12(11-6-4-3-5-7-11)9-17(20,23-13)16(19)21-2/h3-8,12,20H,9H2,1-2H3/t12-,17?/m1/s1. The van der Waals surface area contributed by atoms with Gasteiger partial charge in [0.05, 0.1) is 12.7 Å². The monoisotopic (exact) mass is 316 g/mol. The number of aryl methyl sites for hydroxylation is 1. The Morgan fingerprint density at radius 2 is 2.04 bits per heavy atom. The largest absolute Gasteiger partial charge is 0.464 e. The Bertz CT molecular complexity index is 794. The number of rotatable bonds is 2. The minimum atomic E-state index is -2.15. The topological polar surface area (TPSA) is 86.0 Å². The van der Waals surface area contributed by atoms with Gasteiger partial charge in [0.25, 0.3) is 0 Å². The molecule has 1 aliphatic rings. The molecule has 0 amide bonds. The maximum absolute atomic E-state index is 12.3. The fourth-order valence-corrected chi connectivity index (χ4v) is 2.85. The smallest absolute Gasteiger partial charge is 0.379 e. The Morgan fingerprint density at radius 3 is 2.70 bits per heavy atom. The van der Waals surface area contributed by atoms with Crippen molar-refractivity contribution >= 4 is 5.97 Å². The number of ether oxygens (including phenoxy) is 2. The van der Waals surface area contributed by atoms with Crippen LogP contribution in [0, 0.1) is 6.92 Å². The number of aliphatic hydroxyl groups is 1. The molecule has 1 unspecified atom stereocenters. The predicted molar refractivity (Wildman–Crippen MR) is 80.2 cm³/mol. The summed E-state index contributed by atoms with van der Waals surface area (Å²) in [5.41, 5.74) is 0.520. The third-order valence-electron chi connectivity index (χ3n) is 3.89. The first-order chi connectivity index (χ1) is 10.9. The highest BCUT2D eigenvalue weighted by atomic mass is 16.7. The zero-order valence-corrected chi connectivity index (χ0v) is 12.7. The molecule has 2 aromatic rings. The quantitative estimate of drug-likeness (QED) is 0.849. The van der Waals surface area contributed by atoms with Gasteiger partial charge < -0.3 is 19.0 Å². The van der Waals surface area contributed by atoms with Gasteiger partial charge in [-0.2, -0.15) is 0 Å².